The first kappa shape index (κ1) is 28.8. The van der Waals surface area contributed by atoms with Crippen molar-refractivity contribution in [2.75, 3.05) is 36.8 Å². The second kappa shape index (κ2) is 12.2. The monoisotopic (exact) mass is 560 g/mol. The summed E-state index contributed by atoms with van der Waals surface area (Å²) in [5.41, 5.74) is -1.49. The lowest BCUT2D eigenvalue weighted by Crippen LogP contribution is -2.39. The molecule has 0 amide bonds. The van der Waals surface area contributed by atoms with Gasteiger partial charge in [0.05, 0.1) is 21.3 Å². The van der Waals surface area contributed by atoms with Gasteiger partial charge in [0.15, 0.2) is 17.5 Å². The van der Waals surface area contributed by atoms with E-state index in [1.54, 1.807) is 0 Å². The molecular weight excluding hydrogens is 536 g/mol. The second-order valence-corrected chi connectivity index (χ2v) is 8.51. The quantitative estimate of drug-likeness (QED) is 0.168. The molecule has 0 unspecified atom stereocenters. The Balaban J connectivity index is 1.98. The van der Waals surface area contributed by atoms with Crippen molar-refractivity contribution in [1.29, 1.82) is 0 Å². The lowest BCUT2D eigenvalue weighted by atomic mass is 10.3. The summed E-state index contributed by atoms with van der Waals surface area (Å²) in [7, 11) is -1.32. The van der Waals surface area contributed by atoms with Crippen molar-refractivity contribution < 1.29 is 45.8 Å². The number of benzene rings is 3. The summed E-state index contributed by atoms with van der Waals surface area (Å²) in [5, 5.41) is 0.512. The van der Waals surface area contributed by atoms with E-state index in [4.69, 9.17) is 45.6 Å². The molecule has 0 aliphatic carbocycles. The van der Waals surface area contributed by atoms with Gasteiger partial charge in [-0.2, -0.15) is 15.5 Å². The molecule has 206 valence electrons. The van der Waals surface area contributed by atoms with E-state index in [9.17, 15) is 17.7 Å². The Morgan fingerprint density at radius 2 is 0.842 bits per heavy atom. The average molecular weight is 560 g/mol. The third-order valence-corrected chi connectivity index (χ3v) is 5.86. The fourth-order valence-electron chi connectivity index (χ4n) is 2.86. The van der Waals surface area contributed by atoms with Crippen molar-refractivity contribution in [2.45, 2.75) is 0 Å². The van der Waals surface area contributed by atoms with Gasteiger partial charge < -0.3 is 14.2 Å². The zero-order valence-corrected chi connectivity index (χ0v) is 21.1. The number of hydrogen-bond acceptors (Lipinski definition) is 13. The maximum Gasteiger partial charge on any atom is 0.543 e. The molecule has 6 N–H and O–H groups in total. The number of halogens is 3. The first-order chi connectivity index (χ1) is 18.0. The molecule has 0 aliphatic heterocycles. The molecule has 0 heterocycles. The minimum atomic E-state index is -5.23. The van der Waals surface area contributed by atoms with Crippen LogP contribution in [0.15, 0.2) is 54.6 Å². The zero-order chi connectivity index (χ0) is 28.0. The molecule has 0 aromatic heterocycles. The number of anilines is 3. The highest BCUT2D eigenvalue weighted by Crippen LogP contribution is 2.53. The molecule has 0 saturated carbocycles. The summed E-state index contributed by atoms with van der Waals surface area (Å²) < 4.78 is 87.2. The Morgan fingerprint density at radius 3 is 1.08 bits per heavy atom. The minimum Gasteiger partial charge on any atom is -0.497 e. The third-order valence-electron chi connectivity index (χ3n) is 4.74. The summed E-state index contributed by atoms with van der Waals surface area (Å²) in [6, 6.07) is 10.0. The fraction of sp³-hybridized carbons (Fsp3) is 0.143. The van der Waals surface area contributed by atoms with Crippen LogP contribution in [0.5, 0.6) is 17.2 Å². The van der Waals surface area contributed by atoms with Crippen LogP contribution in [0, 0.1) is 17.5 Å². The summed E-state index contributed by atoms with van der Waals surface area (Å²) in [6.07, 6.45) is 0. The molecule has 0 atom stereocenters. The second-order valence-electron chi connectivity index (χ2n) is 7.12. The van der Waals surface area contributed by atoms with Crippen LogP contribution in [0.3, 0.4) is 0 Å². The zero-order valence-electron chi connectivity index (χ0n) is 20.2. The van der Waals surface area contributed by atoms with Crippen molar-refractivity contribution >= 4 is 24.9 Å². The molecule has 3 rings (SSSR count). The smallest absolute Gasteiger partial charge is 0.497 e. The van der Waals surface area contributed by atoms with Crippen LogP contribution in [0.4, 0.5) is 30.2 Å². The van der Waals surface area contributed by atoms with Gasteiger partial charge >= 0.3 is 7.82 Å². The summed E-state index contributed by atoms with van der Waals surface area (Å²) >= 11 is 0. The Labute approximate surface area is 214 Å². The van der Waals surface area contributed by atoms with E-state index < -0.39 is 42.3 Å². The highest BCUT2D eigenvalue weighted by atomic mass is 31.2. The number of rotatable bonds is 12. The number of ether oxygens (including phenoxy) is 3. The predicted octanol–water partition coefficient (Wildman–Crippen LogP) is 3.47. The predicted molar refractivity (Wildman–Crippen MR) is 130 cm³/mol. The number of hydrazine groups is 3. The van der Waals surface area contributed by atoms with E-state index in [0.29, 0.717) is 0 Å². The van der Waals surface area contributed by atoms with Gasteiger partial charge in [-0.05, 0) is 36.4 Å². The van der Waals surface area contributed by atoms with E-state index in [-0.39, 0.29) is 32.8 Å². The molecule has 3 aromatic carbocycles. The Bertz CT molecular complexity index is 1170. The average Bonchev–Trinajstić information content (AvgIpc) is 2.89. The van der Waals surface area contributed by atoms with Crippen LogP contribution in [-0.4, -0.2) is 21.3 Å². The molecule has 0 spiro atoms. The maximum atomic E-state index is 14.4. The van der Waals surface area contributed by atoms with Crippen molar-refractivity contribution in [3.8, 4) is 17.2 Å². The Hall–Kier alpha value is -3.76. The molecular formula is C21H24F3N6O7P. The number of methoxy groups -OCH3 is 3. The van der Waals surface area contributed by atoms with E-state index in [0.717, 1.165) is 36.4 Å². The van der Waals surface area contributed by atoms with Crippen molar-refractivity contribution in [3.63, 3.8) is 0 Å². The number of phosphoric acid groups is 1. The topological polar surface area (TPSA) is 160 Å². The highest BCUT2D eigenvalue weighted by Gasteiger charge is 2.39. The van der Waals surface area contributed by atoms with Crippen LogP contribution in [0.1, 0.15) is 0 Å². The number of nitrogens with zero attached hydrogens (tertiary/aromatic N) is 3. The molecule has 0 bridgehead atoms. The van der Waals surface area contributed by atoms with Crippen molar-refractivity contribution in [2.24, 2.45) is 17.5 Å². The van der Waals surface area contributed by atoms with Gasteiger partial charge in [-0.15, -0.1) is 13.9 Å². The van der Waals surface area contributed by atoms with Crippen molar-refractivity contribution in [3.05, 3.63) is 72.0 Å². The standard InChI is InChI=1S/C21H24F3N6O7P/c1-32-13-4-7-16(22)19(10-13)28(25)35-38(31,36-29(26)20-11-14(33-2)5-8-17(20)23)37-30(27)21-12-15(34-3)6-9-18(21)24/h4-12H,25-27H2,1-3H3. The molecule has 3 aromatic rings. The first-order valence-corrected chi connectivity index (χ1v) is 11.8. The van der Waals surface area contributed by atoms with Gasteiger partial charge in [0, 0.05) is 18.2 Å². The minimum absolute atomic E-state index is 0.148. The van der Waals surface area contributed by atoms with Crippen LogP contribution in [0.2, 0.25) is 0 Å². The van der Waals surface area contributed by atoms with Gasteiger partial charge in [-0.3, -0.25) is 0 Å². The molecule has 0 aliphatic rings. The SMILES string of the molecule is COc1ccc(F)c(N(N)OP(=O)(ON(N)c2cc(OC)ccc2F)ON(N)c2cc(OC)ccc2F)c1. The van der Waals surface area contributed by atoms with E-state index in [1.165, 1.54) is 39.5 Å². The van der Waals surface area contributed by atoms with E-state index in [2.05, 4.69) is 0 Å². The van der Waals surface area contributed by atoms with Gasteiger partial charge in [0.1, 0.15) is 34.3 Å². The molecule has 38 heavy (non-hydrogen) atoms. The van der Waals surface area contributed by atoms with Crippen LogP contribution in [-0.2, 0) is 18.4 Å². The lowest BCUT2D eigenvalue weighted by Gasteiger charge is -2.29. The van der Waals surface area contributed by atoms with Crippen LogP contribution >= 0.6 is 7.82 Å². The van der Waals surface area contributed by atoms with Gasteiger partial charge in [-0.1, -0.05) is 0 Å². The molecule has 0 radical (unpaired) electrons. The number of nitrogens with two attached hydrogens (primary N) is 3. The fourth-order valence-corrected chi connectivity index (χ4v) is 3.86. The lowest BCUT2D eigenvalue weighted by molar-refractivity contribution is 0.0844. The largest absolute Gasteiger partial charge is 0.543 e. The Morgan fingerprint density at radius 1 is 0.579 bits per heavy atom. The van der Waals surface area contributed by atoms with Gasteiger partial charge in [0.2, 0.25) is 0 Å². The van der Waals surface area contributed by atoms with Crippen LogP contribution in [0.25, 0.3) is 0 Å². The number of hydrogen-bond donors (Lipinski definition) is 3. The van der Waals surface area contributed by atoms with Crippen LogP contribution < -0.4 is 47.3 Å². The molecule has 0 saturated heterocycles. The Kier molecular flexibility index (Phi) is 9.24. The van der Waals surface area contributed by atoms with Crippen molar-refractivity contribution in [1.82, 2.24) is 0 Å². The summed E-state index contributed by atoms with van der Waals surface area (Å²) in [6.45, 7) is 0. The maximum absolute atomic E-state index is 14.4. The molecule has 13 nitrogen and oxygen atoms in total. The van der Waals surface area contributed by atoms with Gasteiger partial charge in [-0.25, -0.2) is 35.3 Å². The summed E-state index contributed by atoms with van der Waals surface area (Å²) in [5.74, 6) is 14.9. The molecule has 17 heteroatoms. The van der Waals surface area contributed by atoms with Gasteiger partial charge in [0.25, 0.3) is 0 Å². The first-order valence-electron chi connectivity index (χ1n) is 10.3. The molecule has 0 fully saturated rings. The normalized spacial score (nSPS) is 11.2. The summed E-state index contributed by atoms with van der Waals surface area (Å²) in [4.78, 5) is 0. The third kappa shape index (κ3) is 6.76. The van der Waals surface area contributed by atoms with E-state index in [1.807, 2.05) is 0 Å². The van der Waals surface area contributed by atoms with E-state index >= 15 is 0 Å². The highest BCUT2D eigenvalue weighted by molar-refractivity contribution is 7.48.